The molecule has 6 nitrogen and oxygen atoms in total. The summed E-state index contributed by atoms with van der Waals surface area (Å²) in [6.07, 6.45) is 2.13. The normalized spacial score (nSPS) is 13.7. The average molecular weight is 427 g/mol. The van der Waals surface area contributed by atoms with Crippen LogP contribution in [0.25, 0.3) is 0 Å². The molecule has 2 aromatic rings. The first-order valence-corrected chi connectivity index (χ1v) is 11.2. The van der Waals surface area contributed by atoms with E-state index >= 15 is 0 Å². The van der Waals surface area contributed by atoms with Crippen molar-refractivity contribution >= 4 is 17.3 Å². The Kier molecular flexibility index (Phi) is 8.59. The van der Waals surface area contributed by atoms with Crippen LogP contribution in [-0.2, 0) is 16.0 Å². The molecule has 0 spiro atoms. The summed E-state index contributed by atoms with van der Waals surface area (Å²) in [5.74, 6) is 1.40. The third-order valence-electron chi connectivity index (χ3n) is 5.28. The van der Waals surface area contributed by atoms with Gasteiger partial charge < -0.3 is 24.4 Å². The first kappa shape index (κ1) is 22.9. The molecule has 1 saturated heterocycles. The van der Waals surface area contributed by atoms with E-state index in [0.29, 0.717) is 44.3 Å². The summed E-state index contributed by atoms with van der Waals surface area (Å²) in [4.78, 5) is 14.9. The number of amides is 1. The molecule has 0 bridgehead atoms. The number of benzene rings is 2. The number of hydrogen-bond donors (Lipinski definition) is 1. The van der Waals surface area contributed by atoms with Crippen molar-refractivity contribution in [1.29, 1.82) is 0 Å². The summed E-state index contributed by atoms with van der Waals surface area (Å²) < 4.78 is 17.2. The lowest BCUT2D eigenvalue weighted by molar-refractivity contribution is -0.116. The Labute approximate surface area is 185 Å². The predicted octanol–water partition coefficient (Wildman–Crippen LogP) is 4.59. The summed E-state index contributed by atoms with van der Waals surface area (Å²) in [5.41, 5.74) is 4.13. The van der Waals surface area contributed by atoms with E-state index in [0.717, 1.165) is 37.4 Å². The van der Waals surface area contributed by atoms with Gasteiger partial charge in [0.1, 0.15) is 11.5 Å². The number of rotatable bonds is 10. The zero-order valence-corrected chi connectivity index (χ0v) is 18.9. The van der Waals surface area contributed by atoms with Gasteiger partial charge in [0.15, 0.2) is 0 Å². The molecule has 1 aliphatic heterocycles. The third kappa shape index (κ3) is 6.62. The fourth-order valence-corrected chi connectivity index (χ4v) is 3.66. The van der Waals surface area contributed by atoms with E-state index in [-0.39, 0.29) is 5.91 Å². The van der Waals surface area contributed by atoms with Gasteiger partial charge in [-0.3, -0.25) is 4.79 Å². The van der Waals surface area contributed by atoms with E-state index in [9.17, 15) is 4.79 Å². The average Bonchev–Trinajstić information content (AvgIpc) is 2.77. The minimum atomic E-state index is -0.0189. The van der Waals surface area contributed by atoms with Gasteiger partial charge in [-0.2, -0.15) is 0 Å². The lowest BCUT2D eigenvalue weighted by Crippen LogP contribution is -2.36. The quantitative estimate of drug-likeness (QED) is 0.602. The highest BCUT2D eigenvalue weighted by molar-refractivity contribution is 5.93. The van der Waals surface area contributed by atoms with Gasteiger partial charge in [0.05, 0.1) is 37.8 Å². The first-order valence-electron chi connectivity index (χ1n) is 11.2. The molecule has 0 aliphatic carbocycles. The number of carbonyl (C=O) groups excluding carboxylic acids is 1. The number of anilines is 2. The van der Waals surface area contributed by atoms with E-state index in [2.05, 4.69) is 41.4 Å². The maximum atomic E-state index is 12.6. The van der Waals surface area contributed by atoms with Gasteiger partial charge >= 0.3 is 0 Å². The topological polar surface area (TPSA) is 60.0 Å². The highest BCUT2D eigenvalue weighted by atomic mass is 16.5. The number of carbonyl (C=O) groups is 1. The second kappa shape index (κ2) is 11.6. The summed E-state index contributed by atoms with van der Waals surface area (Å²) in [6, 6.07) is 12.3. The van der Waals surface area contributed by atoms with Crippen LogP contribution in [-0.4, -0.2) is 45.4 Å². The van der Waals surface area contributed by atoms with Crippen molar-refractivity contribution in [3.63, 3.8) is 0 Å². The lowest BCUT2D eigenvalue weighted by Gasteiger charge is -2.31. The number of morpholine rings is 1. The Balaban J connectivity index is 1.69. The van der Waals surface area contributed by atoms with Crippen LogP contribution in [0.2, 0.25) is 0 Å². The number of nitrogens with zero attached hydrogens (tertiary/aromatic N) is 1. The summed E-state index contributed by atoms with van der Waals surface area (Å²) in [5, 5.41) is 3.03. The molecule has 0 unspecified atom stereocenters. The van der Waals surface area contributed by atoms with Crippen LogP contribution in [0.4, 0.5) is 11.4 Å². The SMILES string of the molecule is CCOc1cc(N2CCOCC2)c(OCC)cc1NC(=O)CCCc1ccc(C)cc1. The summed E-state index contributed by atoms with van der Waals surface area (Å²) >= 11 is 0. The molecular weight excluding hydrogens is 392 g/mol. The van der Waals surface area contributed by atoms with E-state index in [1.54, 1.807) is 0 Å². The minimum Gasteiger partial charge on any atom is -0.492 e. The molecule has 0 atom stereocenters. The van der Waals surface area contributed by atoms with Crippen LogP contribution >= 0.6 is 0 Å². The Bertz CT molecular complexity index is 845. The van der Waals surface area contributed by atoms with Gasteiger partial charge in [0.2, 0.25) is 5.91 Å². The lowest BCUT2D eigenvalue weighted by atomic mass is 10.1. The van der Waals surface area contributed by atoms with Crippen molar-refractivity contribution in [3.05, 3.63) is 47.5 Å². The Morgan fingerprint density at radius 3 is 2.39 bits per heavy atom. The molecule has 1 N–H and O–H groups in total. The maximum absolute atomic E-state index is 12.6. The van der Waals surface area contributed by atoms with Crippen molar-refractivity contribution in [3.8, 4) is 11.5 Å². The molecule has 1 aliphatic rings. The molecular formula is C25H34N2O4. The number of ether oxygens (including phenoxy) is 3. The van der Waals surface area contributed by atoms with Crippen molar-refractivity contribution in [2.45, 2.75) is 40.0 Å². The van der Waals surface area contributed by atoms with Crippen LogP contribution in [0.3, 0.4) is 0 Å². The van der Waals surface area contributed by atoms with Gasteiger partial charge in [-0.15, -0.1) is 0 Å². The van der Waals surface area contributed by atoms with E-state index < -0.39 is 0 Å². The predicted molar refractivity (Wildman–Crippen MR) is 125 cm³/mol. The van der Waals surface area contributed by atoms with Crippen molar-refractivity contribution in [2.24, 2.45) is 0 Å². The second-order valence-corrected chi connectivity index (χ2v) is 7.67. The zero-order valence-electron chi connectivity index (χ0n) is 18.9. The standard InChI is InChI=1S/C25H34N2O4/c1-4-30-23-18-22(27-13-15-29-16-14-27)24(31-5-2)17-21(23)26-25(28)8-6-7-20-11-9-19(3)10-12-20/h9-12,17-18H,4-8,13-16H2,1-3H3,(H,26,28). The van der Waals surface area contributed by atoms with Gasteiger partial charge in [0, 0.05) is 31.6 Å². The van der Waals surface area contributed by atoms with Crippen LogP contribution in [0.5, 0.6) is 11.5 Å². The Morgan fingerprint density at radius 1 is 1.03 bits per heavy atom. The molecule has 0 aromatic heterocycles. The zero-order chi connectivity index (χ0) is 22.1. The van der Waals surface area contributed by atoms with Gasteiger partial charge in [-0.05, 0) is 39.2 Å². The number of hydrogen-bond acceptors (Lipinski definition) is 5. The largest absolute Gasteiger partial charge is 0.492 e. The third-order valence-corrected chi connectivity index (χ3v) is 5.28. The fourth-order valence-electron chi connectivity index (χ4n) is 3.66. The molecule has 3 rings (SSSR count). The van der Waals surface area contributed by atoms with E-state index in [1.165, 1.54) is 11.1 Å². The molecule has 1 fully saturated rings. The Hall–Kier alpha value is -2.73. The van der Waals surface area contributed by atoms with Gasteiger partial charge in [-0.1, -0.05) is 29.8 Å². The highest BCUT2D eigenvalue weighted by Gasteiger charge is 2.20. The van der Waals surface area contributed by atoms with Crippen LogP contribution in [0, 0.1) is 6.92 Å². The molecule has 1 heterocycles. The Morgan fingerprint density at radius 2 is 1.71 bits per heavy atom. The monoisotopic (exact) mass is 426 g/mol. The number of nitrogens with one attached hydrogen (secondary N) is 1. The minimum absolute atomic E-state index is 0.0189. The van der Waals surface area contributed by atoms with Crippen molar-refractivity contribution < 1.29 is 19.0 Å². The van der Waals surface area contributed by atoms with Crippen LogP contribution < -0.4 is 19.7 Å². The van der Waals surface area contributed by atoms with E-state index in [1.807, 2.05) is 26.0 Å². The molecule has 1 amide bonds. The molecule has 168 valence electrons. The molecule has 0 radical (unpaired) electrons. The van der Waals surface area contributed by atoms with Crippen LogP contribution in [0.15, 0.2) is 36.4 Å². The second-order valence-electron chi connectivity index (χ2n) is 7.67. The van der Waals surface area contributed by atoms with Gasteiger partial charge in [-0.25, -0.2) is 0 Å². The fraction of sp³-hybridized carbons (Fsp3) is 0.480. The molecule has 0 saturated carbocycles. The first-order chi connectivity index (χ1) is 15.1. The smallest absolute Gasteiger partial charge is 0.224 e. The maximum Gasteiger partial charge on any atom is 0.224 e. The molecule has 31 heavy (non-hydrogen) atoms. The highest BCUT2D eigenvalue weighted by Crippen LogP contribution is 2.39. The van der Waals surface area contributed by atoms with E-state index in [4.69, 9.17) is 14.2 Å². The van der Waals surface area contributed by atoms with Crippen LogP contribution in [0.1, 0.15) is 37.8 Å². The molecule has 2 aromatic carbocycles. The van der Waals surface area contributed by atoms with Crippen molar-refractivity contribution in [1.82, 2.24) is 0 Å². The van der Waals surface area contributed by atoms with Crippen molar-refractivity contribution in [2.75, 3.05) is 49.7 Å². The number of aryl methyl sites for hydroxylation is 2. The molecule has 6 heteroatoms. The van der Waals surface area contributed by atoms with Gasteiger partial charge in [0.25, 0.3) is 0 Å². The summed E-state index contributed by atoms with van der Waals surface area (Å²) in [6.45, 7) is 10.0. The summed E-state index contributed by atoms with van der Waals surface area (Å²) in [7, 11) is 0.